The summed E-state index contributed by atoms with van der Waals surface area (Å²) in [5, 5.41) is 3.57. The molecule has 0 amide bonds. The molecule has 2 atom stereocenters. The van der Waals surface area contributed by atoms with Gasteiger partial charge in [-0.15, -0.1) is 11.3 Å². The summed E-state index contributed by atoms with van der Waals surface area (Å²) in [6, 6.07) is 1.98. The van der Waals surface area contributed by atoms with Gasteiger partial charge in [0.25, 0.3) is 0 Å². The molecule has 1 aliphatic rings. The number of halogens is 1. The van der Waals surface area contributed by atoms with E-state index in [0.717, 1.165) is 47.5 Å². The van der Waals surface area contributed by atoms with Crippen LogP contribution in [0.5, 0.6) is 0 Å². The van der Waals surface area contributed by atoms with Gasteiger partial charge in [0.15, 0.2) is 0 Å². The third-order valence-corrected chi connectivity index (χ3v) is 4.73. The van der Waals surface area contributed by atoms with Crippen LogP contribution in [0.15, 0.2) is 11.4 Å². The van der Waals surface area contributed by atoms with Crippen LogP contribution in [0.3, 0.4) is 0 Å². The van der Waals surface area contributed by atoms with E-state index in [1.165, 1.54) is 6.42 Å². The molecule has 0 aromatic carbocycles. The first-order valence-electron chi connectivity index (χ1n) is 6.74. The number of hydrogen-bond donors (Lipinski definition) is 0. The number of thiophene rings is 1. The second-order valence-corrected chi connectivity index (χ2v) is 6.96. The first kappa shape index (κ1) is 13.3. The maximum absolute atomic E-state index is 6.22. The maximum atomic E-state index is 6.22. The molecular formula is C14H18ClN3S. The van der Waals surface area contributed by atoms with Gasteiger partial charge in [-0.1, -0.05) is 25.4 Å². The Labute approximate surface area is 122 Å². The molecule has 102 valence electrons. The largest absolute Gasteiger partial charge is 0.295 e. The molecule has 1 fully saturated rings. The van der Waals surface area contributed by atoms with Crippen LogP contribution in [0.1, 0.15) is 26.1 Å². The van der Waals surface area contributed by atoms with Crippen molar-refractivity contribution in [2.24, 2.45) is 11.8 Å². The van der Waals surface area contributed by atoms with Crippen molar-refractivity contribution in [3.63, 3.8) is 0 Å². The normalized spacial score (nSPS) is 25.0. The molecule has 0 N–H and O–H groups in total. The van der Waals surface area contributed by atoms with Crippen molar-refractivity contribution in [1.82, 2.24) is 14.9 Å². The molecule has 3 rings (SSSR count). The fraction of sp³-hybridized carbons (Fsp3) is 0.571. The van der Waals surface area contributed by atoms with Gasteiger partial charge < -0.3 is 0 Å². The Kier molecular flexibility index (Phi) is 3.74. The van der Waals surface area contributed by atoms with Crippen LogP contribution in [0.25, 0.3) is 10.2 Å². The van der Waals surface area contributed by atoms with Gasteiger partial charge in [-0.2, -0.15) is 0 Å². The van der Waals surface area contributed by atoms with E-state index in [0.29, 0.717) is 5.15 Å². The second-order valence-electron chi connectivity index (χ2n) is 5.71. The first-order valence-corrected chi connectivity index (χ1v) is 7.99. The van der Waals surface area contributed by atoms with Gasteiger partial charge in [-0.05, 0) is 29.7 Å². The highest BCUT2D eigenvalue weighted by molar-refractivity contribution is 7.16. The van der Waals surface area contributed by atoms with E-state index < -0.39 is 0 Å². The molecule has 3 heterocycles. The van der Waals surface area contributed by atoms with E-state index in [1.807, 2.05) is 11.4 Å². The highest BCUT2D eigenvalue weighted by Crippen LogP contribution is 2.26. The lowest BCUT2D eigenvalue weighted by atomic mass is 9.92. The molecule has 1 aliphatic heterocycles. The zero-order valence-corrected chi connectivity index (χ0v) is 12.8. The predicted molar refractivity (Wildman–Crippen MR) is 80.6 cm³/mol. The van der Waals surface area contributed by atoms with Crippen molar-refractivity contribution in [3.05, 3.63) is 22.4 Å². The van der Waals surface area contributed by atoms with Crippen molar-refractivity contribution in [1.29, 1.82) is 0 Å². The average Bonchev–Trinajstić information content (AvgIpc) is 2.75. The number of hydrogen-bond acceptors (Lipinski definition) is 4. The molecule has 0 saturated carbocycles. The Morgan fingerprint density at radius 2 is 2.05 bits per heavy atom. The third-order valence-electron chi connectivity index (χ3n) is 3.63. The number of rotatable bonds is 2. The fourth-order valence-corrected chi connectivity index (χ4v) is 4.14. The quantitative estimate of drug-likeness (QED) is 0.789. The van der Waals surface area contributed by atoms with E-state index in [-0.39, 0.29) is 0 Å². The third kappa shape index (κ3) is 2.91. The summed E-state index contributed by atoms with van der Waals surface area (Å²) in [5.41, 5.74) is 0. The standard InChI is InChI=1S/C14H18ClN3S/c1-9-5-10(2)7-18(6-9)8-12-16-13(15)11-3-4-19-14(11)17-12/h3-4,9-10H,5-8H2,1-2H3. The lowest BCUT2D eigenvalue weighted by Crippen LogP contribution is -2.38. The van der Waals surface area contributed by atoms with Gasteiger partial charge in [-0.25, -0.2) is 9.97 Å². The minimum atomic E-state index is 0.583. The summed E-state index contributed by atoms with van der Waals surface area (Å²) in [6.07, 6.45) is 1.32. The molecular weight excluding hydrogens is 278 g/mol. The minimum Gasteiger partial charge on any atom is -0.295 e. The van der Waals surface area contributed by atoms with E-state index >= 15 is 0 Å². The molecule has 0 spiro atoms. The van der Waals surface area contributed by atoms with Crippen LogP contribution in [0.2, 0.25) is 5.15 Å². The smallest absolute Gasteiger partial charge is 0.145 e. The summed E-state index contributed by atoms with van der Waals surface area (Å²) < 4.78 is 0. The van der Waals surface area contributed by atoms with Crippen LogP contribution in [0.4, 0.5) is 0 Å². The zero-order chi connectivity index (χ0) is 13.4. The van der Waals surface area contributed by atoms with E-state index in [9.17, 15) is 0 Å². The predicted octanol–water partition coefficient (Wildman–Crippen LogP) is 3.82. The second kappa shape index (κ2) is 5.35. The summed E-state index contributed by atoms with van der Waals surface area (Å²) in [7, 11) is 0. The molecule has 5 heteroatoms. The van der Waals surface area contributed by atoms with E-state index in [4.69, 9.17) is 11.6 Å². The monoisotopic (exact) mass is 295 g/mol. The Hall–Kier alpha value is -0.710. The number of aromatic nitrogens is 2. The lowest BCUT2D eigenvalue weighted by Gasteiger charge is -2.34. The molecule has 2 aromatic heterocycles. The molecule has 2 aromatic rings. The van der Waals surface area contributed by atoms with Gasteiger partial charge >= 0.3 is 0 Å². The van der Waals surface area contributed by atoms with Crippen LogP contribution in [-0.2, 0) is 6.54 Å². The summed E-state index contributed by atoms with van der Waals surface area (Å²) in [5.74, 6) is 2.36. The van der Waals surface area contributed by atoms with Crippen molar-refractivity contribution in [3.8, 4) is 0 Å². The summed E-state index contributed by atoms with van der Waals surface area (Å²) >= 11 is 7.84. The van der Waals surface area contributed by atoms with Crippen molar-refractivity contribution in [2.75, 3.05) is 13.1 Å². The van der Waals surface area contributed by atoms with Gasteiger partial charge in [-0.3, -0.25) is 4.90 Å². The van der Waals surface area contributed by atoms with Gasteiger partial charge in [0.05, 0.1) is 6.54 Å². The molecule has 0 bridgehead atoms. The fourth-order valence-electron chi connectivity index (χ4n) is 3.05. The number of piperidine rings is 1. The van der Waals surface area contributed by atoms with E-state index in [2.05, 4.69) is 28.7 Å². The van der Waals surface area contributed by atoms with Gasteiger partial charge in [0.2, 0.25) is 0 Å². The molecule has 0 radical (unpaired) electrons. The number of nitrogens with zero attached hydrogens (tertiary/aromatic N) is 3. The molecule has 2 unspecified atom stereocenters. The van der Waals surface area contributed by atoms with Crippen LogP contribution >= 0.6 is 22.9 Å². The molecule has 0 aliphatic carbocycles. The van der Waals surface area contributed by atoms with Gasteiger partial charge in [0.1, 0.15) is 15.8 Å². The van der Waals surface area contributed by atoms with Crippen molar-refractivity contribution >= 4 is 33.2 Å². The van der Waals surface area contributed by atoms with Crippen LogP contribution < -0.4 is 0 Å². The summed E-state index contributed by atoms with van der Waals surface area (Å²) in [4.78, 5) is 12.5. The Morgan fingerprint density at radius 1 is 1.32 bits per heavy atom. The summed E-state index contributed by atoms with van der Waals surface area (Å²) in [6.45, 7) is 7.71. The van der Waals surface area contributed by atoms with Crippen LogP contribution in [-0.4, -0.2) is 28.0 Å². The topological polar surface area (TPSA) is 29.0 Å². The Morgan fingerprint density at radius 3 is 2.79 bits per heavy atom. The highest BCUT2D eigenvalue weighted by atomic mass is 35.5. The maximum Gasteiger partial charge on any atom is 0.145 e. The van der Waals surface area contributed by atoms with Gasteiger partial charge in [0, 0.05) is 18.5 Å². The Balaban J connectivity index is 1.80. The molecule has 1 saturated heterocycles. The van der Waals surface area contributed by atoms with Crippen molar-refractivity contribution < 1.29 is 0 Å². The Bertz CT molecular complexity index is 573. The molecule has 3 nitrogen and oxygen atoms in total. The minimum absolute atomic E-state index is 0.583. The number of likely N-dealkylation sites (tertiary alicyclic amines) is 1. The number of fused-ring (bicyclic) bond motifs is 1. The lowest BCUT2D eigenvalue weighted by molar-refractivity contribution is 0.131. The SMILES string of the molecule is CC1CC(C)CN(Cc2nc(Cl)c3ccsc3n2)C1. The highest BCUT2D eigenvalue weighted by Gasteiger charge is 2.22. The zero-order valence-electron chi connectivity index (χ0n) is 11.3. The average molecular weight is 296 g/mol. The van der Waals surface area contributed by atoms with Crippen LogP contribution in [0, 0.1) is 11.8 Å². The van der Waals surface area contributed by atoms with Crippen molar-refractivity contribution in [2.45, 2.75) is 26.8 Å². The molecule has 19 heavy (non-hydrogen) atoms. The van der Waals surface area contributed by atoms with E-state index in [1.54, 1.807) is 11.3 Å². The first-order chi connectivity index (χ1) is 9.11.